The number of methoxy groups -OCH3 is 1. The van der Waals surface area contributed by atoms with Gasteiger partial charge in [0.2, 0.25) is 5.91 Å². The van der Waals surface area contributed by atoms with Gasteiger partial charge in [0.25, 0.3) is 0 Å². The molecule has 2 heterocycles. The topological polar surface area (TPSA) is 162 Å². The van der Waals surface area contributed by atoms with Crippen LogP contribution in [0.4, 0.5) is 31.1 Å². The number of hydrogen-bond acceptors (Lipinski definition) is 6. The Kier molecular flexibility index (Phi) is 12.0. The van der Waals surface area contributed by atoms with Gasteiger partial charge in [0.15, 0.2) is 0 Å². The smallest absolute Gasteiger partial charge is 0.475 e. The summed E-state index contributed by atoms with van der Waals surface area (Å²) in [6.07, 6.45) is -5.93. The van der Waals surface area contributed by atoms with Crippen molar-refractivity contribution in [1.82, 2.24) is 20.2 Å². The Hall–Kier alpha value is -3.53. The first-order chi connectivity index (χ1) is 15.9. The van der Waals surface area contributed by atoms with Crippen LogP contribution in [-0.4, -0.2) is 81.1 Å². The summed E-state index contributed by atoms with van der Waals surface area (Å²) >= 11 is 0. The summed E-state index contributed by atoms with van der Waals surface area (Å²) in [5.41, 5.74) is 0. The number of aliphatic carboxylic acids is 2. The van der Waals surface area contributed by atoms with Gasteiger partial charge in [-0.2, -0.15) is 26.3 Å². The van der Waals surface area contributed by atoms with Crippen LogP contribution in [0, 0.1) is 5.92 Å². The third kappa shape index (κ3) is 11.0. The molecule has 1 aromatic heterocycles. The molecule has 2 rings (SSSR count). The van der Waals surface area contributed by atoms with Gasteiger partial charge in [-0.1, -0.05) is 13.8 Å². The Morgan fingerprint density at radius 3 is 2.00 bits per heavy atom. The first-order valence-corrected chi connectivity index (χ1v) is 9.70. The van der Waals surface area contributed by atoms with Crippen molar-refractivity contribution in [3.05, 3.63) is 18.2 Å². The standard InChI is InChI=1S/C14H22N4O3.2C2HF3O2/c1-4-10(17-14(20)21-3)13(19)18-8-9(2)7-11(18)12-15-5-6-16-12;2*3-2(4,5)1(6)7/h5-6,9-11H,4,7-8H2,1-3H3,(H,15,16)(H,17,20);2*(H,6,7)/t9-,10-,11-;;/m0../s1. The number of alkyl carbamates (subject to hydrolysis) is 1. The zero-order chi connectivity index (χ0) is 27.6. The van der Waals surface area contributed by atoms with Crippen LogP contribution < -0.4 is 5.32 Å². The monoisotopic (exact) mass is 522 g/mol. The number of alkyl halides is 6. The number of carbonyl (C=O) groups excluding carboxylic acids is 2. The minimum Gasteiger partial charge on any atom is -0.475 e. The van der Waals surface area contributed by atoms with E-state index in [4.69, 9.17) is 19.8 Å². The lowest BCUT2D eigenvalue weighted by Gasteiger charge is -2.27. The Balaban J connectivity index is 0.000000680. The molecule has 0 bridgehead atoms. The second kappa shape index (κ2) is 13.4. The number of nitrogens with one attached hydrogen (secondary N) is 2. The van der Waals surface area contributed by atoms with E-state index in [2.05, 4.69) is 26.9 Å². The lowest BCUT2D eigenvalue weighted by molar-refractivity contribution is -0.193. The fourth-order valence-corrected chi connectivity index (χ4v) is 2.75. The first-order valence-electron chi connectivity index (χ1n) is 9.70. The number of aromatic amines is 1. The van der Waals surface area contributed by atoms with Crippen LogP contribution >= 0.6 is 0 Å². The van der Waals surface area contributed by atoms with Crippen molar-refractivity contribution in [2.75, 3.05) is 13.7 Å². The summed E-state index contributed by atoms with van der Waals surface area (Å²) in [5.74, 6) is -4.41. The molecule has 1 aromatic rings. The quantitative estimate of drug-likeness (QED) is 0.439. The number of hydrogen-bond donors (Lipinski definition) is 4. The summed E-state index contributed by atoms with van der Waals surface area (Å²) in [5, 5.41) is 16.8. The second-order valence-corrected chi connectivity index (χ2v) is 7.02. The molecule has 200 valence electrons. The largest absolute Gasteiger partial charge is 0.490 e. The molecule has 0 aliphatic carbocycles. The highest BCUT2D eigenvalue weighted by molar-refractivity contribution is 5.86. The SMILES string of the molecule is CC[C@H](NC(=O)OC)C(=O)N1C[C@@H](C)C[C@H]1c1ncc[nH]1.O=C(O)C(F)(F)F.O=C(O)C(F)(F)F. The van der Waals surface area contributed by atoms with Crippen molar-refractivity contribution in [3.63, 3.8) is 0 Å². The molecule has 1 aliphatic rings. The third-order valence-corrected chi connectivity index (χ3v) is 4.30. The number of ether oxygens (including phenoxy) is 1. The van der Waals surface area contributed by atoms with Gasteiger partial charge in [0.1, 0.15) is 11.9 Å². The van der Waals surface area contributed by atoms with E-state index < -0.39 is 36.4 Å². The van der Waals surface area contributed by atoms with Crippen LogP contribution in [0.25, 0.3) is 0 Å². The van der Waals surface area contributed by atoms with Crippen LogP contribution in [0.5, 0.6) is 0 Å². The molecule has 1 saturated heterocycles. The molecule has 0 spiro atoms. The van der Waals surface area contributed by atoms with Crippen molar-refractivity contribution in [2.24, 2.45) is 5.92 Å². The highest BCUT2D eigenvalue weighted by Crippen LogP contribution is 2.34. The molecule has 2 amide bonds. The maximum atomic E-state index is 12.7. The van der Waals surface area contributed by atoms with Gasteiger partial charge in [-0.15, -0.1) is 0 Å². The molecule has 1 fully saturated rings. The van der Waals surface area contributed by atoms with E-state index in [1.54, 1.807) is 17.3 Å². The number of nitrogens with zero attached hydrogens (tertiary/aromatic N) is 2. The van der Waals surface area contributed by atoms with Crippen LogP contribution in [-0.2, 0) is 19.1 Å². The van der Waals surface area contributed by atoms with Gasteiger partial charge >= 0.3 is 30.4 Å². The van der Waals surface area contributed by atoms with E-state index >= 15 is 0 Å². The Morgan fingerprint density at radius 2 is 1.66 bits per heavy atom. The predicted octanol–water partition coefficient (Wildman–Crippen LogP) is 2.72. The summed E-state index contributed by atoms with van der Waals surface area (Å²) in [7, 11) is 1.29. The van der Waals surface area contributed by atoms with Crippen molar-refractivity contribution in [2.45, 2.75) is 51.1 Å². The molecule has 0 aromatic carbocycles. The Morgan fingerprint density at radius 1 is 1.17 bits per heavy atom. The van der Waals surface area contributed by atoms with E-state index in [-0.39, 0.29) is 11.9 Å². The number of H-pyrrole nitrogens is 1. The number of rotatable bonds is 4. The van der Waals surface area contributed by atoms with E-state index in [9.17, 15) is 35.9 Å². The van der Waals surface area contributed by atoms with E-state index in [0.717, 1.165) is 12.2 Å². The minimum absolute atomic E-state index is 0.0593. The van der Waals surface area contributed by atoms with Crippen molar-refractivity contribution < 1.29 is 60.5 Å². The number of aromatic nitrogens is 2. The molecule has 11 nitrogen and oxygen atoms in total. The Labute approximate surface area is 194 Å². The number of carbonyl (C=O) groups is 4. The van der Waals surface area contributed by atoms with Crippen molar-refractivity contribution in [3.8, 4) is 0 Å². The minimum atomic E-state index is -5.08. The number of amides is 2. The average molecular weight is 522 g/mol. The van der Waals surface area contributed by atoms with Crippen LogP contribution in [0.15, 0.2) is 12.4 Å². The molecule has 0 unspecified atom stereocenters. The van der Waals surface area contributed by atoms with Crippen molar-refractivity contribution >= 4 is 23.9 Å². The number of imidazole rings is 1. The van der Waals surface area contributed by atoms with E-state index in [1.807, 2.05) is 6.92 Å². The number of carboxylic acid groups (broad SMARTS) is 2. The zero-order valence-electron chi connectivity index (χ0n) is 18.6. The summed E-state index contributed by atoms with van der Waals surface area (Å²) in [6, 6.07) is -0.629. The van der Waals surface area contributed by atoms with Gasteiger partial charge < -0.3 is 30.2 Å². The molecular formula is C18H24F6N4O7. The zero-order valence-corrected chi connectivity index (χ0v) is 18.6. The Bertz CT molecular complexity index is 821. The van der Waals surface area contributed by atoms with Crippen LogP contribution in [0.2, 0.25) is 0 Å². The summed E-state index contributed by atoms with van der Waals surface area (Å²) in [6.45, 7) is 4.64. The molecule has 1 aliphatic heterocycles. The molecule has 35 heavy (non-hydrogen) atoms. The van der Waals surface area contributed by atoms with Crippen LogP contribution in [0.1, 0.15) is 38.6 Å². The molecule has 4 N–H and O–H groups in total. The number of halogens is 6. The number of carboxylic acids is 2. The fourth-order valence-electron chi connectivity index (χ4n) is 2.75. The maximum absolute atomic E-state index is 12.7. The summed E-state index contributed by atoms with van der Waals surface area (Å²) in [4.78, 5) is 51.0. The molecule has 17 heteroatoms. The van der Waals surface area contributed by atoms with Gasteiger partial charge in [0, 0.05) is 18.9 Å². The fraction of sp³-hybridized carbons (Fsp3) is 0.611. The summed E-state index contributed by atoms with van der Waals surface area (Å²) < 4.78 is 68.0. The average Bonchev–Trinajstić information content (AvgIpc) is 3.40. The van der Waals surface area contributed by atoms with Crippen molar-refractivity contribution in [1.29, 1.82) is 0 Å². The lowest BCUT2D eigenvalue weighted by atomic mass is 10.1. The maximum Gasteiger partial charge on any atom is 0.490 e. The highest BCUT2D eigenvalue weighted by atomic mass is 19.4. The van der Waals surface area contributed by atoms with Gasteiger partial charge in [-0.05, 0) is 18.8 Å². The molecule has 3 atom stereocenters. The molecule has 0 saturated carbocycles. The van der Waals surface area contributed by atoms with E-state index in [0.29, 0.717) is 18.9 Å². The first kappa shape index (κ1) is 31.5. The van der Waals surface area contributed by atoms with Gasteiger partial charge in [-0.3, -0.25) is 4.79 Å². The van der Waals surface area contributed by atoms with E-state index in [1.165, 1.54) is 7.11 Å². The molecule has 0 radical (unpaired) electrons. The van der Waals surface area contributed by atoms with Gasteiger partial charge in [-0.25, -0.2) is 19.4 Å². The van der Waals surface area contributed by atoms with Gasteiger partial charge in [0.05, 0.1) is 13.2 Å². The lowest BCUT2D eigenvalue weighted by Crippen LogP contribution is -2.48. The molecular weight excluding hydrogens is 498 g/mol. The highest BCUT2D eigenvalue weighted by Gasteiger charge is 2.39. The predicted molar refractivity (Wildman–Crippen MR) is 104 cm³/mol. The third-order valence-electron chi connectivity index (χ3n) is 4.30. The van der Waals surface area contributed by atoms with Crippen LogP contribution in [0.3, 0.4) is 0 Å². The normalized spacial score (nSPS) is 18.3. The number of likely N-dealkylation sites (tertiary alicyclic amines) is 1. The second-order valence-electron chi connectivity index (χ2n) is 7.02.